The fourth-order valence-corrected chi connectivity index (χ4v) is 5.04. The summed E-state index contributed by atoms with van der Waals surface area (Å²) < 4.78 is 25.2. The number of tetrazole rings is 1. The molecule has 9 heteroatoms. The minimum absolute atomic E-state index is 0.272. The van der Waals surface area contributed by atoms with Crippen molar-refractivity contribution in [3.05, 3.63) is 87.9 Å². The lowest BCUT2D eigenvalue weighted by molar-refractivity contribution is 0.253. The van der Waals surface area contributed by atoms with Crippen LogP contribution in [-0.2, 0) is 29.3 Å². The second-order valence-corrected chi connectivity index (χ2v) is 11.1. The molecule has 0 spiro atoms. The van der Waals surface area contributed by atoms with E-state index in [1.807, 2.05) is 6.07 Å². The van der Waals surface area contributed by atoms with Crippen LogP contribution in [0.2, 0.25) is 0 Å². The lowest BCUT2D eigenvalue weighted by atomic mass is 10.1. The van der Waals surface area contributed by atoms with Crippen molar-refractivity contribution in [2.45, 2.75) is 31.3 Å². The summed E-state index contributed by atoms with van der Waals surface area (Å²) in [5.74, 6) is 0.707. The molecule has 4 rings (SSSR count). The van der Waals surface area contributed by atoms with Crippen molar-refractivity contribution in [2.75, 3.05) is 12.8 Å². The standard InChI is InChI=1S/C23H25N5O2S2/c1-18-8-11-21(31-18)16-27(15-14-19-6-4-3-5-7-19)17-23-24-25-26-28(23)20-9-12-22(13-10-20)32(2,29)30/h3-13H,14-17H2,1-2H3. The minimum atomic E-state index is -3.25. The van der Waals surface area contributed by atoms with Crippen molar-refractivity contribution in [2.24, 2.45) is 0 Å². The molecule has 0 radical (unpaired) electrons. The fourth-order valence-electron chi connectivity index (χ4n) is 3.48. The Labute approximate surface area is 192 Å². The zero-order valence-electron chi connectivity index (χ0n) is 18.0. The summed E-state index contributed by atoms with van der Waals surface area (Å²) in [7, 11) is -3.25. The molecule has 0 unspecified atom stereocenters. The molecule has 2 heterocycles. The summed E-state index contributed by atoms with van der Waals surface area (Å²) >= 11 is 1.80. The van der Waals surface area contributed by atoms with Crippen LogP contribution in [0.1, 0.15) is 21.1 Å². The molecule has 0 aliphatic heterocycles. The van der Waals surface area contributed by atoms with Gasteiger partial charge in [0.2, 0.25) is 0 Å². The summed E-state index contributed by atoms with van der Waals surface area (Å²) in [5.41, 5.74) is 2.02. The molecule has 166 valence electrons. The molecule has 7 nitrogen and oxygen atoms in total. The van der Waals surface area contributed by atoms with Crippen LogP contribution in [0.25, 0.3) is 5.69 Å². The zero-order chi connectivity index (χ0) is 22.6. The fraction of sp³-hybridized carbons (Fsp3) is 0.261. The van der Waals surface area contributed by atoms with Gasteiger partial charge in [0.1, 0.15) is 0 Å². The smallest absolute Gasteiger partial charge is 0.175 e. The van der Waals surface area contributed by atoms with Gasteiger partial charge in [0.15, 0.2) is 15.7 Å². The van der Waals surface area contributed by atoms with Crippen molar-refractivity contribution in [1.29, 1.82) is 0 Å². The highest BCUT2D eigenvalue weighted by Crippen LogP contribution is 2.20. The van der Waals surface area contributed by atoms with Gasteiger partial charge in [-0.05, 0) is 65.7 Å². The molecule has 2 aromatic heterocycles. The summed E-state index contributed by atoms with van der Waals surface area (Å²) in [4.78, 5) is 5.20. The van der Waals surface area contributed by atoms with E-state index in [-0.39, 0.29) is 4.90 Å². The monoisotopic (exact) mass is 467 g/mol. The zero-order valence-corrected chi connectivity index (χ0v) is 19.7. The molecule has 2 aromatic carbocycles. The molecule has 4 aromatic rings. The third-order valence-corrected chi connectivity index (χ3v) is 7.26. The van der Waals surface area contributed by atoms with E-state index in [0.717, 1.165) is 25.2 Å². The van der Waals surface area contributed by atoms with Crippen molar-refractivity contribution in [3.63, 3.8) is 0 Å². The Morgan fingerprint density at radius 1 is 0.969 bits per heavy atom. The molecule has 0 aliphatic rings. The highest BCUT2D eigenvalue weighted by Gasteiger charge is 2.16. The van der Waals surface area contributed by atoms with Crippen molar-refractivity contribution in [3.8, 4) is 5.69 Å². The Morgan fingerprint density at radius 3 is 2.38 bits per heavy atom. The van der Waals surface area contributed by atoms with Crippen molar-refractivity contribution < 1.29 is 8.42 Å². The number of aromatic nitrogens is 4. The van der Waals surface area contributed by atoms with Gasteiger partial charge in [-0.2, -0.15) is 4.68 Å². The van der Waals surface area contributed by atoms with Gasteiger partial charge in [-0.3, -0.25) is 4.90 Å². The molecule has 32 heavy (non-hydrogen) atoms. The third-order valence-electron chi connectivity index (χ3n) is 5.14. The molecule has 0 bridgehead atoms. The number of rotatable bonds is 9. The van der Waals surface area contributed by atoms with Crippen LogP contribution in [0.5, 0.6) is 0 Å². The van der Waals surface area contributed by atoms with E-state index in [1.54, 1.807) is 40.3 Å². The van der Waals surface area contributed by atoms with E-state index in [2.05, 4.69) is 63.7 Å². The van der Waals surface area contributed by atoms with E-state index >= 15 is 0 Å². The summed E-state index contributed by atoms with van der Waals surface area (Å²) in [6.07, 6.45) is 2.12. The molecule has 0 fully saturated rings. The Kier molecular flexibility index (Phi) is 6.78. The third kappa shape index (κ3) is 5.67. The highest BCUT2D eigenvalue weighted by atomic mass is 32.2. The number of hydrogen-bond donors (Lipinski definition) is 0. The summed E-state index contributed by atoms with van der Waals surface area (Å²) in [5, 5.41) is 12.3. The van der Waals surface area contributed by atoms with Crippen LogP contribution in [0.15, 0.2) is 71.6 Å². The first-order chi connectivity index (χ1) is 15.4. The number of aryl methyl sites for hydroxylation is 1. The van der Waals surface area contributed by atoms with Crippen LogP contribution in [0.3, 0.4) is 0 Å². The molecule has 0 aliphatic carbocycles. The minimum Gasteiger partial charge on any atom is -0.290 e. The van der Waals surface area contributed by atoms with E-state index in [4.69, 9.17) is 0 Å². The van der Waals surface area contributed by atoms with Gasteiger partial charge in [-0.1, -0.05) is 30.3 Å². The van der Waals surface area contributed by atoms with E-state index in [1.165, 1.54) is 21.6 Å². The van der Waals surface area contributed by atoms with E-state index in [0.29, 0.717) is 12.4 Å². The Bertz CT molecular complexity index is 1270. The van der Waals surface area contributed by atoms with Crippen LogP contribution in [-0.4, -0.2) is 46.3 Å². The predicted octanol–water partition coefficient (Wildman–Crippen LogP) is 3.68. The van der Waals surface area contributed by atoms with Gasteiger partial charge in [-0.15, -0.1) is 16.4 Å². The Morgan fingerprint density at radius 2 is 1.72 bits per heavy atom. The van der Waals surface area contributed by atoms with Gasteiger partial charge >= 0.3 is 0 Å². The predicted molar refractivity (Wildman–Crippen MR) is 126 cm³/mol. The van der Waals surface area contributed by atoms with Gasteiger partial charge < -0.3 is 0 Å². The van der Waals surface area contributed by atoms with Crippen LogP contribution in [0.4, 0.5) is 0 Å². The average molecular weight is 468 g/mol. The van der Waals surface area contributed by atoms with Gasteiger partial charge in [0, 0.05) is 29.1 Å². The first-order valence-electron chi connectivity index (χ1n) is 10.3. The normalized spacial score (nSPS) is 11.8. The lowest BCUT2D eigenvalue weighted by Gasteiger charge is -2.21. The molecular formula is C23H25N5O2S2. The highest BCUT2D eigenvalue weighted by molar-refractivity contribution is 7.90. The van der Waals surface area contributed by atoms with Gasteiger partial charge in [-0.25, -0.2) is 8.42 Å². The van der Waals surface area contributed by atoms with Gasteiger partial charge in [0.25, 0.3) is 0 Å². The van der Waals surface area contributed by atoms with E-state index < -0.39 is 9.84 Å². The molecule has 0 amide bonds. The average Bonchev–Trinajstić information content (AvgIpc) is 3.41. The van der Waals surface area contributed by atoms with Crippen LogP contribution >= 0.6 is 11.3 Å². The second kappa shape index (κ2) is 9.72. The lowest BCUT2D eigenvalue weighted by Crippen LogP contribution is -2.26. The molecule has 0 atom stereocenters. The number of benzene rings is 2. The molecule has 0 saturated carbocycles. The maximum atomic E-state index is 11.8. The maximum absolute atomic E-state index is 11.8. The SMILES string of the molecule is Cc1ccc(CN(CCc2ccccc2)Cc2nnnn2-c2ccc(S(C)(=O)=O)cc2)s1. The number of sulfone groups is 1. The van der Waals surface area contributed by atoms with Crippen LogP contribution in [0, 0.1) is 6.92 Å². The summed E-state index contributed by atoms with van der Waals surface area (Å²) in [6, 6.07) is 21.4. The Hall–Kier alpha value is -2.88. The van der Waals surface area contributed by atoms with Gasteiger partial charge in [0.05, 0.1) is 17.1 Å². The topological polar surface area (TPSA) is 81.0 Å². The molecule has 0 N–H and O–H groups in total. The number of thiophene rings is 1. The van der Waals surface area contributed by atoms with E-state index in [9.17, 15) is 8.42 Å². The van der Waals surface area contributed by atoms with Crippen molar-refractivity contribution in [1.82, 2.24) is 25.1 Å². The Balaban J connectivity index is 1.54. The summed E-state index contributed by atoms with van der Waals surface area (Å²) in [6.45, 7) is 4.36. The quantitative estimate of drug-likeness (QED) is 0.374. The maximum Gasteiger partial charge on any atom is 0.175 e. The van der Waals surface area contributed by atoms with Crippen molar-refractivity contribution >= 4 is 21.2 Å². The molecular weight excluding hydrogens is 442 g/mol. The first kappa shape index (κ1) is 22.3. The number of nitrogens with zero attached hydrogens (tertiary/aromatic N) is 5. The largest absolute Gasteiger partial charge is 0.290 e. The second-order valence-electron chi connectivity index (χ2n) is 7.73. The first-order valence-corrected chi connectivity index (χ1v) is 13.0. The number of hydrogen-bond acceptors (Lipinski definition) is 7. The van der Waals surface area contributed by atoms with Crippen LogP contribution < -0.4 is 0 Å². The molecule has 0 saturated heterocycles.